The average Bonchev–Trinajstić information content (AvgIpc) is 2.56. The summed E-state index contributed by atoms with van der Waals surface area (Å²) in [5.74, 6) is 1.27. The first-order valence-corrected chi connectivity index (χ1v) is 8.29. The van der Waals surface area contributed by atoms with Crippen LogP contribution in [-0.2, 0) is 9.84 Å². The highest BCUT2D eigenvalue weighted by Crippen LogP contribution is 2.30. The molecule has 118 valence electrons. The predicted molar refractivity (Wildman–Crippen MR) is 85.0 cm³/mol. The van der Waals surface area contributed by atoms with Gasteiger partial charge in [0.1, 0.15) is 16.7 Å². The second-order valence-corrected chi connectivity index (χ2v) is 6.85. The average molecular weight is 321 g/mol. The summed E-state index contributed by atoms with van der Waals surface area (Å²) in [6.07, 6.45) is 0. The van der Waals surface area contributed by atoms with E-state index in [0.717, 1.165) is 0 Å². The Morgan fingerprint density at radius 1 is 0.909 bits per heavy atom. The van der Waals surface area contributed by atoms with Gasteiger partial charge >= 0.3 is 0 Å². The molecule has 0 aliphatic rings. The van der Waals surface area contributed by atoms with Crippen LogP contribution in [0.1, 0.15) is 10.8 Å². The highest BCUT2D eigenvalue weighted by atomic mass is 32.2. The van der Waals surface area contributed by atoms with Crippen LogP contribution in [0.4, 0.5) is 0 Å². The molecule has 0 aromatic heterocycles. The van der Waals surface area contributed by atoms with Gasteiger partial charge in [-0.3, -0.25) is 0 Å². The Kier molecular flexibility index (Phi) is 5.05. The molecule has 0 amide bonds. The zero-order valence-electron chi connectivity index (χ0n) is 12.5. The van der Waals surface area contributed by atoms with Crippen LogP contribution < -0.4 is 15.2 Å². The molecule has 2 rings (SSSR count). The van der Waals surface area contributed by atoms with Crippen molar-refractivity contribution in [1.29, 1.82) is 0 Å². The lowest BCUT2D eigenvalue weighted by atomic mass is 10.1. The fraction of sp³-hybridized carbons (Fsp3) is 0.250. The van der Waals surface area contributed by atoms with E-state index in [1.165, 1.54) is 19.2 Å². The Balaban J connectivity index is 2.38. The second kappa shape index (κ2) is 6.81. The molecular formula is C16H19NO4S. The van der Waals surface area contributed by atoms with E-state index in [1.807, 2.05) is 0 Å². The minimum atomic E-state index is -3.57. The lowest BCUT2D eigenvalue weighted by Gasteiger charge is -2.17. The number of benzene rings is 2. The van der Waals surface area contributed by atoms with Crippen LogP contribution in [0, 0.1) is 0 Å². The second-order valence-electron chi connectivity index (χ2n) is 4.72. The van der Waals surface area contributed by atoms with Crippen LogP contribution in [0.25, 0.3) is 0 Å². The topological polar surface area (TPSA) is 78.6 Å². The molecule has 2 N–H and O–H groups in total. The standard InChI is InChI=1S/C16H19NO4S/c1-20-13-5-3-12(4-6-13)16(11-17)22(18,19)15-9-7-14(21-2)8-10-15/h3-10,16H,11,17H2,1-2H3/t16-/m0/s1. The lowest BCUT2D eigenvalue weighted by molar-refractivity contribution is 0.414. The molecule has 6 heteroatoms. The van der Waals surface area contributed by atoms with Crippen molar-refractivity contribution in [3.8, 4) is 11.5 Å². The van der Waals surface area contributed by atoms with Crippen molar-refractivity contribution in [2.75, 3.05) is 20.8 Å². The number of ether oxygens (including phenoxy) is 2. The molecule has 0 aliphatic carbocycles. The smallest absolute Gasteiger partial charge is 0.186 e. The number of hydrogen-bond acceptors (Lipinski definition) is 5. The Morgan fingerprint density at radius 3 is 1.77 bits per heavy atom. The summed E-state index contributed by atoms with van der Waals surface area (Å²) < 4.78 is 35.7. The van der Waals surface area contributed by atoms with Crippen LogP contribution >= 0.6 is 0 Å². The molecule has 0 aliphatic heterocycles. The fourth-order valence-electron chi connectivity index (χ4n) is 2.19. The van der Waals surface area contributed by atoms with Gasteiger partial charge in [-0.1, -0.05) is 12.1 Å². The van der Waals surface area contributed by atoms with Gasteiger partial charge in [0.25, 0.3) is 0 Å². The molecule has 0 unspecified atom stereocenters. The van der Waals surface area contributed by atoms with Crippen molar-refractivity contribution < 1.29 is 17.9 Å². The SMILES string of the molecule is COc1ccc([C@H](CN)S(=O)(=O)c2ccc(OC)cc2)cc1. The molecule has 0 bridgehead atoms. The zero-order chi connectivity index (χ0) is 16.2. The molecule has 2 aromatic rings. The first-order valence-electron chi connectivity index (χ1n) is 6.75. The van der Waals surface area contributed by atoms with E-state index in [0.29, 0.717) is 17.1 Å². The van der Waals surface area contributed by atoms with E-state index < -0.39 is 15.1 Å². The van der Waals surface area contributed by atoms with Crippen LogP contribution in [-0.4, -0.2) is 29.2 Å². The quantitative estimate of drug-likeness (QED) is 0.882. The van der Waals surface area contributed by atoms with E-state index >= 15 is 0 Å². The van der Waals surface area contributed by atoms with Crippen molar-refractivity contribution in [2.24, 2.45) is 5.73 Å². The van der Waals surface area contributed by atoms with Crippen LogP contribution in [0.3, 0.4) is 0 Å². The largest absolute Gasteiger partial charge is 0.497 e. The third kappa shape index (κ3) is 3.23. The molecule has 0 spiro atoms. The molecular weight excluding hydrogens is 302 g/mol. The van der Waals surface area contributed by atoms with E-state index in [9.17, 15) is 8.42 Å². The van der Waals surface area contributed by atoms with Gasteiger partial charge in [0.05, 0.1) is 19.1 Å². The highest BCUT2D eigenvalue weighted by molar-refractivity contribution is 7.91. The molecule has 0 saturated carbocycles. The van der Waals surface area contributed by atoms with Crippen LogP contribution in [0.5, 0.6) is 11.5 Å². The monoisotopic (exact) mass is 321 g/mol. The van der Waals surface area contributed by atoms with Crippen LogP contribution in [0.15, 0.2) is 53.4 Å². The first-order chi connectivity index (χ1) is 10.5. The van der Waals surface area contributed by atoms with Gasteiger partial charge in [-0.05, 0) is 42.0 Å². The number of nitrogens with two attached hydrogens (primary N) is 1. The van der Waals surface area contributed by atoms with Crippen molar-refractivity contribution >= 4 is 9.84 Å². The number of methoxy groups -OCH3 is 2. The molecule has 0 heterocycles. The lowest BCUT2D eigenvalue weighted by Crippen LogP contribution is -2.22. The maximum Gasteiger partial charge on any atom is 0.186 e. The summed E-state index contributed by atoms with van der Waals surface area (Å²) in [6.45, 7) is 0.000686. The van der Waals surface area contributed by atoms with E-state index in [4.69, 9.17) is 15.2 Å². The molecule has 0 radical (unpaired) electrons. The normalized spacial score (nSPS) is 12.7. The van der Waals surface area contributed by atoms with Gasteiger partial charge in [0, 0.05) is 6.54 Å². The summed E-state index contributed by atoms with van der Waals surface area (Å²) in [6, 6.07) is 13.2. The van der Waals surface area contributed by atoms with Gasteiger partial charge < -0.3 is 15.2 Å². The van der Waals surface area contributed by atoms with Crippen molar-refractivity contribution in [3.63, 3.8) is 0 Å². The van der Waals surface area contributed by atoms with Crippen molar-refractivity contribution in [2.45, 2.75) is 10.1 Å². The zero-order valence-corrected chi connectivity index (χ0v) is 13.3. The van der Waals surface area contributed by atoms with E-state index in [2.05, 4.69) is 0 Å². The first kappa shape index (κ1) is 16.3. The molecule has 1 atom stereocenters. The number of sulfone groups is 1. The summed E-state index contributed by atoms with van der Waals surface area (Å²) in [5, 5.41) is -0.799. The minimum Gasteiger partial charge on any atom is -0.497 e. The van der Waals surface area contributed by atoms with Gasteiger partial charge in [-0.2, -0.15) is 0 Å². The van der Waals surface area contributed by atoms with Gasteiger partial charge in [-0.25, -0.2) is 8.42 Å². The summed E-state index contributed by atoms with van der Waals surface area (Å²) >= 11 is 0. The van der Waals surface area contributed by atoms with Crippen molar-refractivity contribution in [1.82, 2.24) is 0 Å². The van der Waals surface area contributed by atoms with Gasteiger partial charge in [0.15, 0.2) is 9.84 Å². The maximum absolute atomic E-state index is 12.8. The summed E-state index contributed by atoms with van der Waals surface area (Å²) in [4.78, 5) is 0.222. The van der Waals surface area contributed by atoms with Crippen molar-refractivity contribution in [3.05, 3.63) is 54.1 Å². The fourth-order valence-corrected chi connectivity index (χ4v) is 3.80. The summed E-state index contributed by atoms with van der Waals surface area (Å²) in [5.41, 5.74) is 6.36. The summed E-state index contributed by atoms with van der Waals surface area (Å²) in [7, 11) is -0.480. The minimum absolute atomic E-state index is 0.000686. The highest BCUT2D eigenvalue weighted by Gasteiger charge is 2.28. The third-order valence-corrected chi connectivity index (χ3v) is 5.61. The Bertz CT molecular complexity index is 709. The Labute approximate surface area is 130 Å². The number of rotatable bonds is 6. The molecule has 0 fully saturated rings. The Hall–Kier alpha value is -2.05. The predicted octanol–water partition coefficient (Wildman–Crippen LogP) is 2.18. The van der Waals surface area contributed by atoms with Crippen LogP contribution in [0.2, 0.25) is 0 Å². The molecule has 2 aromatic carbocycles. The number of hydrogen-bond donors (Lipinski definition) is 1. The third-order valence-electron chi connectivity index (χ3n) is 3.46. The molecule has 0 saturated heterocycles. The Morgan fingerprint density at radius 2 is 1.36 bits per heavy atom. The van der Waals surface area contributed by atoms with E-state index in [1.54, 1.807) is 43.5 Å². The van der Waals surface area contributed by atoms with Gasteiger partial charge in [0.2, 0.25) is 0 Å². The van der Waals surface area contributed by atoms with E-state index in [-0.39, 0.29) is 11.4 Å². The molecule has 22 heavy (non-hydrogen) atoms. The maximum atomic E-state index is 12.8. The van der Waals surface area contributed by atoms with Gasteiger partial charge in [-0.15, -0.1) is 0 Å². The molecule has 5 nitrogen and oxygen atoms in total.